The van der Waals surface area contributed by atoms with Gasteiger partial charge in [-0.2, -0.15) is 0 Å². The fraction of sp³-hybridized carbons (Fsp3) is 0.125. The Morgan fingerprint density at radius 1 is 1.10 bits per heavy atom. The molecule has 0 amide bonds. The third kappa shape index (κ3) is 1.99. The molecule has 0 unspecified atom stereocenters. The Kier molecular flexibility index (Phi) is 2.72. The molecule has 2 aromatic carbocycles. The maximum atomic E-state index is 6.14. The van der Waals surface area contributed by atoms with Crippen LogP contribution >= 0.6 is 11.6 Å². The molecule has 1 aromatic heterocycles. The Bertz CT molecular complexity index is 847. The van der Waals surface area contributed by atoms with Crippen LogP contribution in [-0.2, 0) is 6.42 Å². The number of rotatable bonds is 1. The molecule has 2 N–H and O–H groups in total. The molecule has 3 aromatic rings. The first-order valence-electron chi connectivity index (χ1n) is 6.78. The smallest absolute Gasteiger partial charge is 0.144 e. The summed E-state index contributed by atoms with van der Waals surface area (Å²) < 4.78 is 0. The Morgan fingerprint density at radius 2 is 2.00 bits per heavy atom. The number of anilines is 3. The van der Waals surface area contributed by atoms with Gasteiger partial charge in [0.1, 0.15) is 12.1 Å². The number of hydrogen-bond acceptors (Lipinski definition) is 4. The molecule has 4 rings (SSSR count). The third-order valence-electron chi connectivity index (χ3n) is 3.84. The van der Waals surface area contributed by atoms with Gasteiger partial charge in [-0.1, -0.05) is 17.7 Å². The minimum absolute atomic E-state index is 0.706. The van der Waals surface area contributed by atoms with Crippen LogP contribution < -0.4 is 10.6 Å². The highest BCUT2D eigenvalue weighted by molar-refractivity contribution is 6.31. The van der Waals surface area contributed by atoms with E-state index in [0.29, 0.717) is 5.69 Å². The predicted octanol–water partition coefficient (Wildman–Crippen LogP) is 3.56. The number of fused-ring (bicyclic) bond motifs is 2. The van der Waals surface area contributed by atoms with Crippen molar-refractivity contribution in [2.45, 2.75) is 6.42 Å². The molecule has 1 aliphatic rings. The summed E-state index contributed by atoms with van der Waals surface area (Å²) in [5.74, 6) is 0.904. The zero-order valence-electron chi connectivity index (χ0n) is 11.3. The number of benzene rings is 2. The summed E-state index contributed by atoms with van der Waals surface area (Å²) in [6.07, 6.45) is 2.58. The monoisotopic (exact) mass is 296 g/mol. The number of nitrogens with two attached hydrogens (primary N) is 1. The lowest BCUT2D eigenvalue weighted by Crippen LogP contribution is -2.15. The van der Waals surface area contributed by atoms with E-state index >= 15 is 0 Å². The van der Waals surface area contributed by atoms with Gasteiger partial charge in [-0.25, -0.2) is 9.97 Å². The molecule has 0 fully saturated rings. The highest BCUT2D eigenvalue weighted by Crippen LogP contribution is 2.37. The summed E-state index contributed by atoms with van der Waals surface area (Å²) in [6, 6.07) is 11.7. The van der Waals surface area contributed by atoms with E-state index in [1.165, 1.54) is 5.56 Å². The standard InChI is InChI=1S/C16H13ClN4/c17-11-2-1-10-5-6-21(15(10)7-11)16-13-4-3-12(18)8-14(13)19-9-20-16/h1-4,7-9H,5-6,18H2. The van der Waals surface area contributed by atoms with Crippen LogP contribution in [0.25, 0.3) is 10.9 Å². The van der Waals surface area contributed by atoms with Gasteiger partial charge in [0.2, 0.25) is 0 Å². The van der Waals surface area contributed by atoms with Crippen LogP contribution in [-0.4, -0.2) is 16.5 Å². The van der Waals surface area contributed by atoms with Crippen LogP contribution in [0.5, 0.6) is 0 Å². The summed E-state index contributed by atoms with van der Waals surface area (Å²) >= 11 is 6.14. The van der Waals surface area contributed by atoms with Crippen molar-refractivity contribution in [3.8, 4) is 0 Å². The lowest BCUT2D eigenvalue weighted by molar-refractivity contribution is 0.975. The average Bonchev–Trinajstić information content (AvgIpc) is 2.89. The number of halogens is 1. The summed E-state index contributed by atoms with van der Waals surface area (Å²) in [5, 5.41) is 1.74. The van der Waals surface area contributed by atoms with E-state index in [0.717, 1.165) is 40.4 Å². The van der Waals surface area contributed by atoms with Crippen molar-refractivity contribution in [1.29, 1.82) is 0 Å². The van der Waals surface area contributed by atoms with Crippen LogP contribution in [0.1, 0.15) is 5.56 Å². The van der Waals surface area contributed by atoms with Crippen molar-refractivity contribution in [3.05, 3.63) is 53.3 Å². The van der Waals surface area contributed by atoms with Crippen molar-refractivity contribution in [2.24, 2.45) is 0 Å². The van der Waals surface area contributed by atoms with Gasteiger partial charge in [0, 0.05) is 28.3 Å². The van der Waals surface area contributed by atoms with E-state index < -0.39 is 0 Å². The minimum atomic E-state index is 0.706. The SMILES string of the molecule is Nc1ccc2c(N3CCc4ccc(Cl)cc43)ncnc2c1. The van der Waals surface area contributed by atoms with Crippen LogP contribution in [0.2, 0.25) is 5.02 Å². The van der Waals surface area contributed by atoms with Gasteiger partial charge in [-0.15, -0.1) is 0 Å². The minimum Gasteiger partial charge on any atom is -0.399 e. The van der Waals surface area contributed by atoms with E-state index in [4.69, 9.17) is 17.3 Å². The van der Waals surface area contributed by atoms with Gasteiger partial charge in [-0.3, -0.25) is 0 Å². The molecule has 104 valence electrons. The molecule has 0 saturated heterocycles. The third-order valence-corrected chi connectivity index (χ3v) is 4.07. The largest absolute Gasteiger partial charge is 0.399 e. The normalized spacial score (nSPS) is 13.7. The van der Waals surface area contributed by atoms with Crippen molar-refractivity contribution < 1.29 is 0 Å². The van der Waals surface area contributed by atoms with Gasteiger partial charge in [0.25, 0.3) is 0 Å². The van der Waals surface area contributed by atoms with E-state index in [1.54, 1.807) is 6.33 Å². The second kappa shape index (κ2) is 4.60. The second-order valence-electron chi connectivity index (χ2n) is 5.15. The van der Waals surface area contributed by atoms with Crippen LogP contribution in [0.15, 0.2) is 42.7 Å². The summed E-state index contributed by atoms with van der Waals surface area (Å²) in [5.41, 5.74) is 9.81. The number of hydrogen-bond donors (Lipinski definition) is 1. The van der Waals surface area contributed by atoms with Gasteiger partial charge < -0.3 is 10.6 Å². The van der Waals surface area contributed by atoms with Crippen LogP contribution in [0.4, 0.5) is 17.2 Å². The Hall–Kier alpha value is -2.33. The molecule has 5 heteroatoms. The first-order chi connectivity index (χ1) is 10.2. The highest BCUT2D eigenvalue weighted by Gasteiger charge is 2.23. The van der Waals surface area contributed by atoms with Gasteiger partial charge in [0.05, 0.1) is 5.52 Å². The molecule has 1 aliphatic heterocycles. The quantitative estimate of drug-likeness (QED) is 0.698. The molecule has 2 heterocycles. The van der Waals surface area contributed by atoms with E-state index in [-0.39, 0.29) is 0 Å². The van der Waals surface area contributed by atoms with Crippen molar-refractivity contribution in [1.82, 2.24) is 9.97 Å². The van der Waals surface area contributed by atoms with E-state index in [9.17, 15) is 0 Å². The summed E-state index contributed by atoms with van der Waals surface area (Å²) in [4.78, 5) is 11.0. The van der Waals surface area contributed by atoms with E-state index in [2.05, 4.69) is 20.9 Å². The summed E-state index contributed by atoms with van der Waals surface area (Å²) in [7, 11) is 0. The molecule has 0 atom stereocenters. The molecule has 4 nitrogen and oxygen atoms in total. The average molecular weight is 297 g/mol. The molecule has 21 heavy (non-hydrogen) atoms. The first kappa shape index (κ1) is 12.4. The number of nitrogen functional groups attached to an aromatic ring is 1. The van der Waals surface area contributed by atoms with Crippen LogP contribution in [0.3, 0.4) is 0 Å². The lowest BCUT2D eigenvalue weighted by atomic mass is 10.1. The van der Waals surface area contributed by atoms with Crippen molar-refractivity contribution in [2.75, 3.05) is 17.2 Å². The van der Waals surface area contributed by atoms with Gasteiger partial charge in [0.15, 0.2) is 0 Å². The highest BCUT2D eigenvalue weighted by atomic mass is 35.5. The Balaban J connectivity index is 1.91. The molecule has 0 aliphatic carbocycles. The van der Waals surface area contributed by atoms with Gasteiger partial charge >= 0.3 is 0 Å². The fourth-order valence-electron chi connectivity index (χ4n) is 2.85. The Labute approximate surface area is 127 Å². The zero-order valence-corrected chi connectivity index (χ0v) is 12.0. The van der Waals surface area contributed by atoms with Crippen LogP contribution in [0, 0.1) is 0 Å². The molecule has 0 bridgehead atoms. The molecule has 0 saturated carbocycles. The van der Waals surface area contributed by atoms with Gasteiger partial charge in [-0.05, 0) is 42.3 Å². The Morgan fingerprint density at radius 3 is 2.90 bits per heavy atom. The second-order valence-corrected chi connectivity index (χ2v) is 5.58. The topological polar surface area (TPSA) is 55.0 Å². The fourth-order valence-corrected chi connectivity index (χ4v) is 3.01. The predicted molar refractivity (Wildman–Crippen MR) is 86.1 cm³/mol. The summed E-state index contributed by atoms with van der Waals surface area (Å²) in [6.45, 7) is 0.895. The molecular formula is C16H13ClN4. The number of aromatic nitrogens is 2. The lowest BCUT2D eigenvalue weighted by Gasteiger charge is -2.20. The zero-order chi connectivity index (χ0) is 14.4. The molecule has 0 radical (unpaired) electrons. The first-order valence-corrected chi connectivity index (χ1v) is 7.16. The maximum absolute atomic E-state index is 6.14. The molecule has 0 spiro atoms. The van der Waals surface area contributed by atoms with Crippen molar-refractivity contribution in [3.63, 3.8) is 0 Å². The van der Waals surface area contributed by atoms with Crippen molar-refractivity contribution >= 4 is 39.7 Å². The number of nitrogens with zero attached hydrogens (tertiary/aromatic N) is 3. The molecular weight excluding hydrogens is 284 g/mol. The maximum Gasteiger partial charge on any atom is 0.144 e. The van der Waals surface area contributed by atoms with E-state index in [1.807, 2.05) is 30.3 Å².